The molecule has 2 aromatic carbocycles. The lowest BCUT2D eigenvalue weighted by atomic mass is 9.93. The van der Waals surface area contributed by atoms with Gasteiger partial charge in [0.25, 0.3) is 0 Å². The molecule has 0 fully saturated rings. The summed E-state index contributed by atoms with van der Waals surface area (Å²) in [5.74, 6) is 0.530. The Kier molecular flexibility index (Phi) is 5.38. The van der Waals surface area contributed by atoms with Crippen molar-refractivity contribution in [1.82, 2.24) is 9.88 Å². The van der Waals surface area contributed by atoms with Gasteiger partial charge in [-0.3, -0.25) is 4.79 Å². The zero-order valence-electron chi connectivity index (χ0n) is 16.8. The first-order chi connectivity index (χ1) is 15.2. The van der Waals surface area contributed by atoms with E-state index in [2.05, 4.69) is 28.6 Å². The van der Waals surface area contributed by atoms with Gasteiger partial charge in [0.05, 0.1) is 17.8 Å². The van der Waals surface area contributed by atoms with Gasteiger partial charge in [0.15, 0.2) is 11.7 Å². The number of oxazole rings is 1. The SMILES string of the molecule is O=C(CCc1ncc(-c2ccccc2F)o1)N1CCc2sccc2[C@@H]1c1ccccc1. The van der Waals surface area contributed by atoms with Crippen molar-refractivity contribution in [3.8, 4) is 11.3 Å². The number of aromatic nitrogens is 1. The van der Waals surface area contributed by atoms with Crippen molar-refractivity contribution in [3.05, 3.63) is 100.0 Å². The Morgan fingerprint density at radius 2 is 1.94 bits per heavy atom. The molecular weight excluding hydrogens is 411 g/mol. The van der Waals surface area contributed by atoms with Gasteiger partial charge in [-0.15, -0.1) is 11.3 Å². The summed E-state index contributed by atoms with van der Waals surface area (Å²) in [7, 11) is 0. The number of carbonyl (C=O) groups excluding carboxylic acids is 1. The van der Waals surface area contributed by atoms with Gasteiger partial charge in [0.1, 0.15) is 5.82 Å². The third-order valence-corrected chi connectivity index (χ3v) is 6.64. The summed E-state index contributed by atoms with van der Waals surface area (Å²) in [5.41, 5.74) is 2.71. The molecule has 1 aliphatic rings. The van der Waals surface area contributed by atoms with Crippen LogP contribution < -0.4 is 0 Å². The number of benzene rings is 2. The van der Waals surface area contributed by atoms with Crippen LogP contribution in [-0.2, 0) is 17.6 Å². The molecule has 0 unspecified atom stereocenters. The molecule has 4 aromatic rings. The van der Waals surface area contributed by atoms with Crippen LogP contribution in [0.5, 0.6) is 0 Å². The fraction of sp³-hybridized carbons (Fsp3) is 0.200. The second kappa shape index (κ2) is 8.47. The summed E-state index contributed by atoms with van der Waals surface area (Å²) < 4.78 is 19.7. The lowest BCUT2D eigenvalue weighted by Crippen LogP contribution is -2.40. The quantitative estimate of drug-likeness (QED) is 0.409. The molecule has 0 saturated heterocycles. The highest BCUT2D eigenvalue weighted by molar-refractivity contribution is 7.10. The highest BCUT2D eigenvalue weighted by atomic mass is 32.1. The van der Waals surface area contributed by atoms with E-state index >= 15 is 0 Å². The molecular formula is C25H21FN2O2S. The highest BCUT2D eigenvalue weighted by Gasteiger charge is 2.32. The van der Waals surface area contributed by atoms with Crippen molar-refractivity contribution >= 4 is 17.2 Å². The molecule has 5 rings (SSSR count). The Labute approximate surface area is 184 Å². The summed E-state index contributed by atoms with van der Waals surface area (Å²) in [6.45, 7) is 0.692. The predicted octanol–water partition coefficient (Wildman–Crippen LogP) is 5.65. The predicted molar refractivity (Wildman–Crippen MR) is 118 cm³/mol. The van der Waals surface area contributed by atoms with Crippen molar-refractivity contribution in [3.63, 3.8) is 0 Å². The maximum absolute atomic E-state index is 14.0. The van der Waals surface area contributed by atoms with Gasteiger partial charge in [-0.05, 0) is 41.1 Å². The van der Waals surface area contributed by atoms with Gasteiger partial charge < -0.3 is 9.32 Å². The van der Waals surface area contributed by atoms with Crippen molar-refractivity contribution in [2.24, 2.45) is 0 Å². The normalized spacial score (nSPS) is 15.6. The Balaban J connectivity index is 1.33. The largest absolute Gasteiger partial charge is 0.441 e. The number of fused-ring (bicyclic) bond motifs is 1. The standard InChI is InChI=1S/C25H21FN2O2S/c26-20-9-5-4-8-18(20)21-16-27-23(30-21)10-11-24(29)28-14-12-22-19(13-15-31-22)25(28)17-6-2-1-3-7-17/h1-9,13,15-16,25H,10-12,14H2/t25-/m0/s1. The van der Waals surface area contributed by atoms with E-state index < -0.39 is 0 Å². The molecule has 4 nitrogen and oxygen atoms in total. The van der Waals surface area contributed by atoms with Gasteiger partial charge in [-0.1, -0.05) is 42.5 Å². The highest BCUT2D eigenvalue weighted by Crippen LogP contribution is 2.38. The van der Waals surface area contributed by atoms with E-state index in [0.29, 0.717) is 36.6 Å². The molecule has 0 N–H and O–H groups in total. The van der Waals surface area contributed by atoms with Crippen LogP contribution in [0.2, 0.25) is 0 Å². The number of aryl methyl sites for hydroxylation is 1. The molecule has 0 aliphatic carbocycles. The first-order valence-corrected chi connectivity index (χ1v) is 11.2. The number of hydrogen-bond donors (Lipinski definition) is 0. The Hall–Kier alpha value is -3.25. The summed E-state index contributed by atoms with van der Waals surface area (Å²) in [6.07, 6.45) is 3.06. The number of nitrogens with zero attached hydrogens (tertiary/aromatic N) is 2. The van der Waals surface area contributed by atoms with Crippen molar-refractivity contribution < 1.29 is 13.6 Å². The molecule has 2 aromatic heterocycles. The lowest BCUT2D eigenvalue weighted by molar-refractivity contribution is -0.133. The first-order valence-electron chi connectivity index (χ1n) is 10.3. The molecule has 6 heteroatoms. The van der Waals surface area contributed by atoms with Gasteiger partial charge in [0, 0.05) is 24.3 Å². The van der Waals surface area contributed by atoms with Crippen LogP contribution in [0.15, 0.2) is 76.7 Å². The molecule has 156 valence electrons. The first kappa shape index (κ1) is 19.7. The smallest absolute Gasteiger partial charge is 0.223 e. The number of rotatable bonds is 5. The zero-order chi connectivity index (χ0) is 21.2. The minimum atomic E-state index is -0.355. The van der Waals surface area contributed by atoms with Crippen LogP contribution in [-0.4, -0.2) is 22.3 Å². The monoisotopic (exact) mass is 432 g/mol. The average Bonchev–Trinajstić information content (AvgIpc) is 3.47. The van der Waals surface area contributed by atoms with E-state index in [1.54, 1.807) is 29.5 Å². The molecule has 0 saturated carbocycles. The van der Waals surface area contributed by atoms with E-state index in [1.807, 2.05) is 23.1 Å². The minimum absolute atomic E-state index is 0.0661. The summed E-state index contributed by atoms with van der Waals surface area (Å²) >= 11 is 1.76. The Bertz CT molecular complexity index is 1200. The second-order valence-electron chi connectivity index (χ2n) is 7.55. The molecule has 1 aliphatic heterocycles. The van der Waals surface area contributed by atoms with E-state index in [0.717, 1.165) is 12.0 Å². The molecule has 0 bridgehead atoms. The molecule has 0 spiro atoms. The summed E-state index contributed by atoms with van der Waals surface area (Å²) in [6, 6.07) is 18.7. The van der Waals surface area contributed by atoms with Gasteiger partial charge in [0.2, 0.25) is 5.91 Å². The van der Waals surface area contributed by atoms with Gasteiger partial charge in [-0.25, -0.2) is 9.37 Å². The Morgan fingerprint density at radius 1 is 1.13 bits per heavy atom. The Morgan fingerprint density at radius 3 is 2.77 bits per heavy atom. The number of thiophene rings is 1. The van der Waals surface area contributed by atoms with E-state index in [-0.39, 0.29) is 17.8 Å². The summed E-state index contributed by atoms with van der Waals surface area (Å²) in [4.78, 5) is 20.8. The summed E-state index contributed by atoms with van der Waals surface area (Å²) in [5, 5.41) is 2.10. The van der Waals surface area contributed by atoms with Crippen molar-refractivity contribution in [1.29, 1.82) is 0 Å². The van der Waals surface area contributed by atoms with Crippen molar-refractivity contribution in [2.75, 3.05) is 6.54 Å². The molecule has 31 heavy (non-hydrogen) atoms. The van der Waals surface area contributed by atoms with Crippen LogP contribution in [0, 0.1) is 5.82 Å². The van der Waals surface area contributed by atoms with E-state index in [9.17, 15) is 9.18 Å². The van der Waals surface area contributed by atoms with Crippen LogP contribution in [0.3, 0.4) is 0 Å². The fourth-order valence-electron chi connectivity index (χ4n) is 4.15. The lowest BCUT2D eigenvalue weighted by Gasteiger charge is -2.36. The topological polar surface area (TPSA) is 46.3 Å². The van der Waals surface area contributed by atoms with Gasteiger partial charge >= 0.3 is 0 Å². The van der Waals surface area contributed by atoms with E-state index in [4.69, 9.17) is 4.42 Å². The average molecular weight is 433 g/mol. The number of hydrogen-bond acceptors (Lipinski definition) is 4. The third kappa shape index (κ3) is 3.91. The molecule has 1 amide bonds. The maximum Gasteiger partial charge on any atom is 0.223 e. The van der Waals surface area contributed by atoms with Crippen molar-refractivity contribution in [2.45, 2.75) is 25.3 Å². The minimum Gasteiger partial charge on any atom is -0.441 e. The number of carbonyl (C=O) groups is 1. The number of halogens is 1. The van der Waals surface area contributed by atoms with Crippen LogP contribution in [0.4, 0.5) is 4.39 Å². The molecule has 1 atom stereocenters. The molecule has 3 heterocycles. The van der Waals surface area contributed by atoms with Crippen LogP contribution in [0.1, 0.15) is 34.4 Å². The zero-order valence-corrected chi connectivity index (χ0v) is 17.6. The fourth-order valence-corrected chi connectivity index (χ4v) is 5.05. The number of amides is 1. The van der Waals surface area contributed by atoms with E-state index in [1.165, 1.54) is 22.7 Å². The third-order valence-electron chi connectivity index (χ3n) is 5.65. The molecule has 0 radical (unpaired) electrons. The second-order valence-corrected chi connectivity index (χ2v) is 8.55. The van der Waals surface area contributed by atoms with Crippen LogP contribution in [0.25, 0.3) is 11.3 Å². The van der Waals surface area contributed by atoms with Gasteiger partial charge in [-0.2, -0.15) is 0 Å². The maximum atomic E-state index is 14.0. The van der Waals surface area contributed by atoms with Crippen LogP contribution >= 0.6 is 11.3 Å².